The van der Waals surface area contributed by atoms with Crippen LogP contribution in [-0.4, -0.2) is 5.09 Å². The lowest BCUT2D eigenvalue weighted by Gasteiger charge is -2.37. The maximum absolute atomic E-state index is 8.25. The van der Waals surface area contributed by atoms with Crippen molar-refractivity contribution >= 4 is 22.7 Å². The Bertz CT molecular complexity index is 857. The van der Waals surface area contributed by atoms with Gasteiger partial charge in [0.25, 0.3) is 0 Å². The molecule has 4 rings (SSSR count). The lowest BCUT2D eigenvalue weighted by Crippen LogP contribution is -2.33. The van der Waals surface area contributed by atoms with E-state index in [2.05, 4.69) is 121 Å². The summed E-state index contributed by atoms with van der Waals surface area (Å²) in [5, 5.41) is 14.8. The Morgan fingerprint density at radius 1 is 0.448 bits per heavy atom. The van der Waals surface area contributed by atoms with Crippen molar-refractivity contribution in [3.63, 3.8) is 0 Å². The van der Waals surface area contributed by atoms with Gasteiger partial charge in [-0.25, -0.2) is 0 Å². The average Bonchev–Trinajstić information content (AvgIpc) is 2.77. The van der Waals surface area contributed by atoms with Crippen LogP contribution in [0.25, 0.3) is 0 Å². The van der Waals surface area contributed by atoms with Crippen LogP contribution in [0, 0.1) is 15.3 Å². The number of quaternary nitrogens is 1. The van der Waals surface area contributed by atoms with Crippen LogP contribution in [-0.2, 0) is 0 Å². The van der Waals surface area contributed by atoms with Crippen molar-refractivity contribution in [2.45, 2.75) is 0 Å². The first-order valence-corrected chi connectivity index (χ1v) is 9.08. The lowest BCUT2D eigenvalue weighted by molar-refractivity contribution is -0.402. The summed E-state index contributed by atoms with van der Waals surface area (Å²) in [5.41, 5.74) is 4.86. The van der Waals surface area contributed by atoms with Crippen LogP contribution < -0.4 is 4.48 Å². The molecule has 5 nitrogen and oxygen atoms in total. The molecule has 0 N–H and O–H groups in total. The molecule has 0 aliphatic rings. The van der Waals surface area contributed by atoms with Gasteiger partial charge in [-0.05, 0) is 0 Å². The highest BCUT2D eigenvalue weighted by atomic mass is 16.9. The standard InChI is InChI=1S/C24H20N.NO3/c1-5-13-21(14-6-1)25(22-15-7-2-8-16-22,23-17-9-3-10-18-23)24-19-11-4-12-20-24;2-1(3)4/h1-20H;/q+1;-1. The number of hydrogen-bond donors (Lipinski definition) is 0. The van der Waals surface area contributed by atoms with Crippen LogP contribution >= 0.6 is 0 Å². The Labute approximate surface area is 169 Å². The van der Waals surface area contributed by atoms with Gasteiger partial charge in [0, 0.05) is 48.5 Å². The summed E-state index contributed by atoms with van der Waals surface area (Å²) in [4.78, 5) is 8.25. The van der Waals surface area contributed by atoms with Gasteiger partial charge in [-0.3, -0.25) is 0 Å². The Balaban J connectivity index is 0.000000552. The molecule has 0 spiro atoms. The summed E-state index contributed by atoms with van der Waals surface area (Å²) < 4.78 is 0.559. The molecule has 0 aliphatic heterocycles. The zero-order valence-corrected chi connectivity index (χ0v) is 15.7. The van der Waals surface area contributed by atoms with Crippen LogP contribution in [0.4, 0.5) is 22.7 Å². The molecule has 5 heteroatoms. The van der Waals surface area contributed by atoms with Gasteiger partial charge in [0.2, 0.25) is 0 Å². The molecule has 0 heterocycles. The molecule has 0 unspecified atom stereocenters. The summed E-state index contributed by atoms with van der Waals surface area (Å²) in [5.74, 6) is 0. The van der Waals surface area contributed by atoms with Crippen molar-refractivity contribution in [1.29, 1.82) is 0 Å². The molecule has 0 saturated heterocycles. The lowest BCUT2D eigenvalue weighted by atomic mass is 10.1. The van der Waals surface area contributed by atoms with Crippen LogP contribution in [0.3, 0.4) is 0 Å². The molecule has 0 bridgehead atoms. The molecule has 0 radical (unpaired) electrons. The van der Waals surface area contributed by atoms with E-state index in [0.717, 1.165) is 0 Å². The molecule has 29 heavy (non-hydrogen) atoms. The molecule has 0 atom stereocenters. The molecule has 4 aromatic rings. The van der Waals surface area contributed by atoms with Crippen molar-refractivity contribution < 1.29 is 5.09 Å². The van der Waals surface area contributed by atoms with Crippen LogP contribution in [0.1, 0.15) is 0 Å². The van der Waals surface area contributed by atoms with Gasteiger partial charge in [0.1, 0.15) is 22.7 Å². The van der Waals surface area contributed by atoms with E-state index in [1.165, 1.54) is 22.7 Å². The maximum atomic E-state index is 8.25. The highest BCUT2D eigenvalue weighted by molar-refractivity contribution is 5.81. The molecule has 0 aliphatic carbocycles. The van der Waals surface area contributed by atoms with Gasteiger partial charge in [-0.1, -0.05) is 72.8 Å². The topological polar surface area (TPSA) is 66.2 Å². The number of nitrogens with zero attached hydrogens (tertiary/aromatic N) is 2. The van der Waals surface area contributed by atoms with Crippen molar-refractivity contribution in [2.75, 3.05) is 0 Å². The van der Waals surface area contributed by atoms with E-state index in [1.807, 2.05) is 0 Å². The first-order valence-electron chi connectivity index (χ1n) is 9.08. The van der Waals surface area contributed by atoms with Crippen LogP contribution in [0.5, 0.6) is 0 Å². The maximum Gasteiger partial charge on any atom is 0.148 e. The third-order valence-corrected chi connectivity index (χ3v) is 4.57. The average molecular weight is 384 g/mol. The molecule has 0 saturated carbocycles. The fraction of sp³-hybridized carbons (Fsp3) is 0. The monoisotopic (exact) mass is 384 g/mol. The number of para-hydroxylation sites is 4. The fourth-order valence-electron chi connectivity index (χ4n) is 3.50. The highest BCUT2D eigenvalue weighted by Crippen LogP contribution is 2.50. The van der Waals surface area contributed by atoms with Crippen molar-refractivity contribution in [3.8, 4) is 0 Å². The normalized spacial score (nSPS) is 10.5. The van der Waals surface area contributed by atoms with E-state index < -0.39 is 5.09 Å². The van der Waals surface area contributed by atoms with Gasteiger partial charge >= 0.3 is 0 Å². The van der Waals surface area contributed by atoms with Gasteiger partial charge in [0.15, 0.2) is 0 Å². The Kier molecular flexibility index (Phi) is 6.35. The molecule has 0 fully saturated rings. The summed E-state index contributed by atoms with van der Waals surface area (Å²) >= 11 is 0. The zero-order chi connectivity index (χ0) is 20.5. The number of benzene rings is 4. The smallest absolute Gasteiger partial charge is 0.148 e. The van der Waals surface area contributed by atoms with Gasteiger partial charge < -0.3 is 15.3 Å². The quantitative estimate of drug-likeness (QED) is 0.222. The Morgan fingerprint density at radius 2 is 0.621 bits per heavy atom. The van der Waals surface area contributed by atoms with E-state index >= 15 is 0 Å². The second kappa shape index (κ2) is 9.30. The Morgan fingerprint density at radius 3 is 0.793 bits per heavy atom. The Hall–Kier alpha value is -3.96. The molecule has 0 amide bonds. The van der Waals surface area contributed by atoms with Gasteiger partial charge in [-0.2, -0.15) is 4.48 Å². The van der Waals surface area contributed by atoms with Crippen molar-refractivity contribution in [2.24, 2.45) is 0 Å². The molecular formula is C24H20N2O3. The molecule has 4 aromatic carbocycles. The SMILES string of the molecule is O=[N+]([O-])[O-].c1ccc([N+](c2ccccc2)(c2ccccc2)c2ccccc2)cc1. The second-order valence-corrected chi connectivity index (χ2v) is 6.24. The minimum Gasteiger partial charge on any atom is -0.356 e. The van der Waals surface area contributed by atoms with Crippen molar-refractivity contribution in [3.05, 3.63) is 137 Å². The largest absolute Gasteiger partial charge is 0.356 e. The second-order valence-electron chi connectivity index (χ2n) is 6.24. The summed E-state index contributed by atoms with van der Waals surface area (Å²) in [6.45, 7) is 0. The molecular weight excluding hydrogens is 364 g/mol. The van der Waals surface area contributed by atoms with E-state index in [1.54, 1.807) is 0 Å². The predicted molar refractivity (Wildman–Crippen MR) is 117 cm³/mol. The molecule has 0 aromatic heterocycles. The minimum absolute atomic E-state index is 0.559. The highest BCUT2D eigenvalue weighted by Gasteiger charge is 2.38. The zero-order valence-electron chi connectivity index (χ0n) is 15.7. The number of hydrogen-bond acceptors (Lipinski definition) is 3. The first-order chi connectivity index (χ1) is 14.2. The first kappa shape index (κ1) is 19.8. The van der Waals surface area contributed by atoms with E-state index in [9.17, 15) is 0 Å². The van der Waals surface area contributed by atoms with Crippen LogP contribution in [0.2, 0.25) is 0 Å². The summed E-state index contributed by atoms with van der Waals surface area (Å²) in [6.07, 6.45) is 0. The number of rotatable bonds is 4. The summed E-state index contributed by atoms with van der Waals surface area (Å²) in [6, 6.07) is 42.8. The van der Waals surface area contributed by atoms with Gasteiger partial charge in [-0.15, -0.1) is 0 Å². The van der Waals surface area contributed by atoms with Crippen LogP contribution in [0.15, 0.2) is 121 Å². The fourth-order valence-corrected chi connectivity index (χ4v) is 3.50. The third kappa shape index (κ3) is 4.31. The minimum atomic E-state index is -1.75. The third-order valence-electron chi connectivity index (χ3n) is 4.57. The van der Waals surface area contributed by atoms with Gasteiger partial charge in [0.05, 0.1) is 5.09 Å². The predicted octanol–water partition coefficient (Wildman–Crippen LogP) is 6.75. The van der Waals surface area contributed by atoms with E-state index in [-0.39, 0.29) is 0 Å². The van der Waals surface area contributed by atoms with E-state index in [4.69, 9.17) is 15.3 Å². The van der Waals surface area contributed by atoms with Crippen molar-refractivity contribution in [1.82, 2.24) is 4.48 Å². The molecule has 144 valence electrons. The van der Waals surface area contributed by atoms with E-state index in [0.29, 0.717) is 4.48 Å². The summed E-state index contributed by atoms with van der Waals surface area (Å²) in [7, 11) is 0.